The number of aromatic amines is 1. The number of hydrogen-bond donors (Lipinski definition) is 1. The van der Waals surface area contributed by atoms with Crippen molar-refractivity contribution >= 4 is 22.2 Å². The van der Waals surface area contributed by atoms with Gasteiger partial charge in [-0.05, 0) is 43.3 Å². The lowest BCUT2D eigenvalue weighted by Crippen LogP contribution is -2.10. The van der Waals surface area contributed by atoms with Gasteiger partial charge in [0.25, 0.3) is 0 Å². The van der Waals surface area contributed by atoms with Gasteiger partial charge in [0, 0.05) is 40.9 Å². The van der Waals surface area contributed by atoms with E-state index >= 15 is 0 Å². The highest BCUT2D eigenvalue weighted by atomic mass is 32.2. The molecule has 0 aliphatic heterocycles. The molecule has 6 nitrogen and oxygen atoms in total. The lowest BCUT2D eigenvalue weighted by Gasteiger charge is -2.10. The molecule has 7 heteroatoms. The minimum Gasteiger partial charge on any atom is -0.609 e. The number of fused-ring (bicyclic) bond motifs is 1. The zero-order valence-corrected chi connectivity index (χ0v) is 14.6. The Morgan fingerprint density at radius 3 is 2.96 bits per heavy atom. The minimum absolute atomic E-state index is 0.0308. The summed E-state index contributed by atoms with van der Waals surface area (Å²) < 4.78 is 83.6. The normalized spacial score (nSPS) is 17.3. The Morgan fingerprint density at radius 1 is 1.38 bits per heavy atom. The molecule has 3 aromatic heterocycles. The zero-order chi connectivity index (χ0) is 25.1. The molecule has 0 fully saturated rings. The van der Waals surface area contributed by atoms with Crippen molar-refractivity contribution < 1.29 is 20.3 Å². The van der Waals surface area contributed by atoms with Crippen molar-refractivity contribution in [3.63, 3.8) is 0 Å². The maximum absolute atomic E-state index is 13.2. The molecule has 1 N–H and O–H groups in total. The molecule has 3 heterocycles. The monoisotopic (exact) mass is 374 g/mol. The van der Waals surface area contributed by atoms with Crippen LogP contribution in [-0.4, -0.2) is 31.2 Å². The van der Waals surface area contributed by atoms with E-state index in [0.717, 1.165) is 4.57 Å². The van der Waals surface area contributed by atoms with E-state index in [1.165, 1.54) is 26.2 Å². The van der Waals surface area contributed by atoms with E-state index in [2.05, 4.69) is 15.0 Å². The van der Waals surface area contributed by atoms with Crippen LogP contribution < -0.4 is 4.74 Å². The molecule has 0 bridgehead atoms. The molecule has 1 aromatic carbocycles. The van der Waals surface area contributed by atoms with Crippen molar-refractivity contribution in [1.82, 2.24) is 19.5 Å². The van der Waals surface area contributed by atoms with Crippen molar-refractivity contribution in [2.24, 2.45) is 0 Å². The first-order chi connectivity index (χ1) is 15.9. The summed E-state index contributed by atoms with van der Waals surface area (Å²) in [5.41, 5.74) is -1.76. The third-order valence-electron chi connectivity index (χ3n) is 3.70. The van der Waals surface area contributed by atoms with Gasteiger partial charge in [-0.2, -0.15) is 4.98 Å². The number of benzene rings is 1. The number of H-pyrrole nitrogens is 1. The highest BCUT2D eigenvalue weighted by molar-refractivity contribution is 7.90. The second-order valence-corrected chi connectivity index (χ2v) is 6.41. The number of hydrogen-bond acceptors (Lipinski definition) is 4. The first kappa shape index (κ1) is 9.80. The molecule has 0 aliphatic rings. The summed E-state index contributed by atoms with van der Waals surface area (Å²) in [7, 11) is 1.29. The standard InChI is InChI=1S/C19H18N4O2S/c1-13-17(20-8-7-18(13)25-2)12-26(24)19-21-15-6-5-14(11-16(15)22-19)23-9-3-4-10-23/h3-11H,12H2,1-2H3,(H,21,22)/i3D,4D,7D,8D,9D,10D,12D2. The van der Waals surface area contributed by atoms with Gasteiger partial charge in [0.2, 0.25) is 0 Å². The van der Waals surface area contributed by atoms with Crippen LogP contribution >= 0.6 is 0 Å². The first-order valence-electron chi connectivity index (χ1n) is 11.5. The summed E-state index contributed by atoms with van der Waals surface area (Å²) in [6.07, 6.45) is -1.17. The quantitative estimate of drug-likeness (QED) is 0.543. The van der Waals surface area contributed by atoms with Crippen LogP contribution in [0.1, 0.15) is 22.2 Å². The fraction of sp³-hybridized carbons (Fsp3) is 0.158. The second kappa shape index (κ2) is 6.86. The topological polar surface area (TPSA) is 78.8 Å². The van der Waals surface area contributed by atoms with Gasteiger partial charge in [-0.3, -0.25) is 9.97 Å². The van der Waals surface area contributed by atoms with Crippen molar-refractivity contribution in [3.05, 3.63) is 66.1 Å². The molecule has 132 valence electrons. The smallest absolute Gasteiger partial charge is 0.322 e. The minimum atomic E-state index is -2.58. The van der Waals surface area contributed by atoms with Gasteiger partial charge in [0.15, 0.2) is 5.70 Å². The summed E-state index contributed by atoms with van der Waals surface area (Å²) in [5, 5.41) is -0.203. The van der Waals surface area contributed by atoms with Gasteiger partial charge in [-0.15, -0.1) is 0 Å². The van der Waals surface area contributed by atoms with Gasteiger partial charge in [0.05, 0.1) is 34.8 Å². The number of rotatable bonds is 5. The lowest BCUT2D eigenvalue weighted by molar-refractivity contribution is 0.410. The fourth-order valence-corrected chi connectivity index (χ4v) is 3.24. The van der Waals surface area contributed by atoms with E-state index in [9.17, 15) is 4.55 Å². The third-order valence-corrected chi connectivity index (χ3v) is 4.63. The van der Waals surface area contributed by atoms with Crippen LogP contribution in [0.3, 0.4) is 0 Å². The highest BCUT2D eigenvalue weighted by Gasteiger charge is 2.20. The number of pyridine rings is 1. The molecule has 4 aromatic rings. The molecule has 0 saturated carbocycles. The van der Waals surface area contributed by atoms with Crippen LogP contribution in [0, 0.1) is 6.92 Å². The molecular weight excluding hydrogens is 348 g/mol. The number of aromatic nitrogens is 4. The van der Waals surface area contributed by atoms with E-state index in [-0.39, 0.29) is 58.2 Å². The number of nitrogens with zero attached hydrogens (tertiary/aromatic N) is 3. The van der Waals surface area contributed by atoms with Gasteiger partial charge >= 0.3 is 5.16 Å². The lowest BCUT2D eigenvalue weighted by atomic mass is 10.2. The average molecular weight is 374 g/mol. The summed E-state index contributed by atoms with van der Waals surface area (Å²) >= 11 is -2.41. The van der Waals surface area contributed by atoms with E-state index in [0.29, 0.717) is 11.2 Å². The largest absolute Gasteiger partial charge is 0.609 e. The zero-order valence-electron chi connectivity index (χ0n) is 21.8. The summed E-state index contributed by atoms with van der Waals surface area (Å²) in [6, 6.07) is 3.48. The Bertz CT molecular complexity index is 1410. The Balaban J connectivity index is 1.78. The fourth-order valence-electron chi connectivity index (χ4n) is 2.38. The Labute approximate surface area is 165 Å². The molecule has 0 aliphatic carbocycles. The number of ether oxygens (including phenoxy) is 1. The maximum Gasteiger partial charge on any atom is 0.322 e. The molecule has 0 saturated heterocycles. The number of imidazole rings is 1. The Morgan fingerprint density at radius 2 is 2.19 bits per heavy atom. The van der Waals surface area contributed by atoms with Crippen LogP contribution in [-0.2, 0) is 16.9 Å². The number of methoxy groups -OCH3 is 1. The van der Waals surface area contributed by atoms with Crippen LogP contribution in [0.5, 0.6) is 5.75 Å². The van der Waals surface area contributed by atoms with E-state index in [1.54, 1.807) is 6.07 Å². The Kier molecular flexibility index (Phi) is 2.58. The molecule has 0 amide bonds. The third kappa shape index (κ3) is 3.07. The van der Waals surface area contributed by atoms with Crippen LogP contribution in [0.2, 0.25) is 0 Å². The summed E-state index contributed by atoms with van der Waals surface area (Å²) in [4.78, 5) is 10.9. The Hall–Kier alpha value is -2.77. The molecule has 4 rings (SSSR count). The van der Waals surface area contributed by atoms with E-state index in [1.807, 2.05) is 0 Å². The highest BCUT2D eigenvalue weighted by Crippen LogP contribution is 2.24. The molecular formula is C19H18N4O2S. The van der Waals surface area contributed by atoms with Gasteiger partial charge < -0.3 is 13.9 Å². The van der Waals surface area contributed by atoms with Crippen molar-refractivity contribution in [2.75, 3.05) is 7.11 Å². The predicted molar refractivity (Wildman–Crippen MR) is 101 cm³/mol. The van der Waals surface area contributed by atoms with Crippen LogP contribution in [0.25, 0.3) is 16.7 Å². The summed E-state index contributed by atoms with van der Waals surface area (Å²) in [6.45, 7) is 1.47. The second-order valence-electron chi connectivity index (χ2n) is 5.28. The van der Waals surface area contributed by atoms with E-state index < -0.39 is 23.1 Å². The summed E-state index contributed by atoms with van der Waals surface area (Å²) in [5.74, 6) is -0.0308. The average Bonchev–Trinajstić information content (AvgIpc) is 3.30. The molecule has 1 unspecified atom stereocenters. The van der Waals surface area contributed by atoms with E-state index in [4.69, 9.17) is 15.7 Å². The SMILES string of the molecule is [2H]c1nc(C([2H])([2H])[S+]([O-])c2nc3cc(-n4c([2H])c([2H])c([2H])c4[2H])ccc3[nH]2)c(C)c(OC)c1[2H]. The van der Waals surface area contributed by atoms with Gasteiger partial charge in [0.1, 0.15) is 5.75 Å². The first-order valence-corrected chi connectivity index (χ1v) is 8.64. The maximum atomic E-state index is 13.2. The van der Waals surface area contributed by atoms with Crippen molar-refractivity contribution in [2.45, 2.75) is 17.8 Å². The molecule has 0 radical (unpaired) electrons. The molecule has 1 atom stereocenters. The van der Waals surface area contributed by atoms with Crippen LogP contribution in [0.4, 0.5) is 0 Å². The molecule has 26 heavy (non-hydrogen) atoms. The van der Waals surface area contributed by atoms with Crippen molar-refractivity contribution in [1.29, 1.82) is 0 Å². The van der Waals surface area contributed by atoms with Crippen LogP contribution in [0.15, 0.2) is 60.0 Å². The van der Waals surface area contributed by atoms with Gasteiger partial charge in [-0.1, -0.05) is 0 Å². The number of nitrogens with one attached hydrogen (secondary N) is 1. The van der Waals surface area contributed by atoms with Gasteiger partial charge in [-0.25, -0.2) is 0 Å². The predicted octanol–water partition coefficient (Wildman–Crippen LogP) is 3.37. The van der Waals surface area contributed by atoms with Crippen molar-refractivity contribution in [3.8, 4) is 11.4 Å². The molecule has 0 spiro atoms.